The van der Waals surface area contributed by atoms with E-state index in [4.69, 9.17) is 15.6 Å². The minimum atomic E-state index is -1.09. The van der Waals surface area contributed by atoms with Crippen molar-refractivity contribution in [2.75, 3.05) is 26.7 Å². The molecule has 15 heavy (non-hydrogen) atoms. The normalized spacial score (nSPS) is 11.9. The standard InChI is InChI=1S/C9H16N2O4/c1-3-4-11(6-8(12)13)9(14)7(5-10)15-2/h3,7H,1,4-6,10H2,2H3,(H,12,13). The topological polar surface area (TPSA) is 92.9 Å². The Morgan fingerprint density at radius 2 is 2.27 bits per heavy atom. The summed E-state index contributed by atoms with van der Waals surface area (Å²) in [6.07, 6.45) is 0.647. The first-order chi connectivity index (χ1) is 7.06. The van der Waals surface area contributed by atoms with E-state index >= 15 is 0 Å². The average Bonchev–Trinajstić information content (AvgIpc) is 2.18. The highest BCUT2D eigenvalue weighted by atomic mass is 16.5. The monoisotopic (exact) mass is 216 g/mol. The Hall–Kier alpha value is -1.40. The Balaban J connectivity index is 4.51. The summed E-state index contributed by atoms with van der Waals surface area (Å²) in [5.41, 5.74) is 5.30. The van der Waals surface area contributed by atoms with Gasteiger partial charge in [-0.25, -0.2) is 0 Å². The van der Waals surface area contributed by atoms with Crippen molar-refractivity contribution in [3.05, 3.63) is 12.7 Å². The third kappa shape index (κ3) is 4.57. The molecule has 1 amide bonds. The van der Waals surface area contributed by atoms with Crippen LogP contribution in [-0.2, 0) is 14.3 Å². The number of carboxylic acids is 1. The number of nitrogens with two attached hydrogens (primary N) is 1. The lowest BCUT2D eigenvalue weighted by Gasteiger charge is -2.23. The molecular formula is C9H16N2O4. The molecule has 0 radical (unpaired) electrons. The van der Waals surface area contributed by atoms with Crippen LogP contribution >= 0.6 is 0 Å². The molecule has 0 fully saturated rings. The highest BCUT2D eigenvalue weighted by molar-refractivity contribution is 5.85. The molecule has 0 aromatic heterocycles. The van der Waals surface area contributed by atoms with Crippen LogP contribution in [0.3, 0.4) is 0 Å². The van der Waals surface area contributed by atoms with Crippen molar-refractivity contribution in [1.29, 1.82) is 0 Å². The minimum absolute atomic E-state index is 0.0165. The average molecular weight is 216 g/mol. The Morgan fingerprint density at radius 3 is 2.60 bits per heavy atom. The fourth-order valence-corrected chi connectivity index (χ4v) is 1.05. The van der Waals surface area contributed by atoms with E-state index < -0.39 is 18.0 Å². The number of rotatable bonds is 7. The highest BCUT2D eigenvalue weighted by Crippen LogP contribution is 1.98. The molecule has 6 heteroatoms. The van der Waals surface area contributed by atoms with Gasteiger partial charge in [-0.1, -0.05) is 6.08 Å². The molecule has 0 rings (SSSR count). The summed E-state index contributed by atoms with van der Waals surface area (Å²) in [7, 11) is 1.35. The summed E-state index contributed by atoms with van der Waals surface area (Å²) < 4.78 is 4.83. The summed E-state index contributed by atoms with van der Waals surface area (Å²) in [6.45, 7) is 3.23. The van der Waals surface area contributed by atoms with Crippen LogP contribution in [0.5, 0.6) is 0 Å². The zero-order valence-electron chi connectivity index (χ0n) is 8.68. The number of carboxylic acid groups (broad SMARTS) is 1. The molecular weight excluding hydrogens is 200 g/mol. The van der Waals surface area contributed by atoms with Gasteiger partial charge in [0.05, 0.1) is 0 Å². The molecule has 1 unspecified atom stereocenters. The van der Waals surface area contributed by atoms with E-state index in [1.165, 1.54) is 13.2 Å². The second-order valence-corrected chi connectivity index (χ2v) is 2.86. The van der Waals surface area contributed by atoms with Crippen LogP contribution in [0, 0.1) is 0 Å². The maximum absolute atomic E-state index is 11.6. The van der Waals surface area contributed by atoms with Crippen molar-refractivity contribution < 1.29 is 19.4 Å². The Labute approximate surface area is 88.3 Å². The van der Waals surface area contributed by atoms with Gasteiger partial charge in [0.1, 0.15) is 12.6 Å². The maximum Gasteiger partial charge on any atom is 0.323 e. The second-order valence-electron chi connectivity index (χ2n) is 2.86. The predicted octanol–water partition coefficient (Wildman–Crippen LogP) is -0.941. The number of amides is 1. The van der Waals surface area contributed by atoms with Crippen molar-refractivity contribution in [3.8, 4) is 0 Å². The van der Waals surface area contributed by atoms with Crippen molar-refractivity contribution in [2.24, 2.45) is 5.73 Å². The van der Waals surface area contributed by atoms with Crippen molar-refractivity contribution in [2.45, 2.75) is 6.10 Å². The van der Waals surface area contributed by atoms with Crippen LogP contribution in [0.1, 0.15) is 0 Å². The molecule has 0 saturated carbocycles. The highest BCUT2D eigenvalue weighted by Gasteiger charge is 2.23. The molecule has 3 N–H and O–H groups in total. The van der Waals surface area contributed by atoms with Crippen LogP contribution in [0.15, 0.2) is 12.7 Å². The van der Waals surface area contributed by atoms with E-state index in [-0.39, 0.29) is 19.6 Å². The zero-order chi connectivity index (χ0) is 11.8. The van der Waals surface area contributed by atoms with E-state index in [9.17, 15) is 9.59 Å². The Bertz CT molecular complexity index is 238. The molecule has 0 heterocycles. The van der Waals surface area contributed by atoms with Crippen LogP contribution in [-0.4, -0.2) is 54.7 Å². The molecule has 0 aliphatic heterocycles. The predicted molar refractivity (Wildman–Crippen MR) is 54.3 cm³/mol. The number of methoxy groups -OCH3 is 1. The molecule has 0 aliphatic rings. The smallest absolute Gasteiger partial charge is 0.323 e. The van der Waals surface area contributed by atoms with Crippen molar-refractivity contribution >= 4 is 11.9 Å². The van der Waals surface area contributed by atoms with E-state index in [2.05, 4.69) is 6.58 Å². The third-order valence-electron chi connectivity index (χ3n) is 1.76. The summed E-state index contributed by atoms with van der Waals surface area (Å²) >= 11 is 0. The summed E-state index contributed by atoms with van der Waals surface area (Å²) in [5, 5.41) is 8.59. The fraction of sp³-hybridized carbons (Fsp3) is 0.556. The molecule has 0 spiro atoms. The number of carbonyl (C=O) groups excluding carboxylic acids is 1. The fourth-order valence-electron chi connectivity index (χ4n) is 1.05. The maximum atomic E-state index is 11.6. The van der Waals surface area contributed by atoms with Crippen LogP contribution in [0.25, 0.3) is 0 Å². The zero-order valence-corrected chi connectivity index (χ0v) is 8.68. The molecule has 0 saturated heterocycles. The first kappa shape index (κ1) is 13.6. The van der Waals surface area contributed by atoms with Gasteiger partial charge in [0.2, 0.25) is 0 Å². The first-order valence-corrected chi connectivity index (χ1v) is 4.41. The number of carbonyl (C=O) groups is 2. The number of ether oxygens (including phenoxy) is 1. The minimum Gasteiger partial charge on any atom is -0.480 e. The molecule has 1 atom stereocenters. The summed E-state index contributed by atoms with van der Waals surface area (Å²) in [6, 6.07) is 0. The van der Waals surface area contributed by atoms with Gasteiger partial charge >= 0.3 is 5.97 Å². The molecule has 6 nitrogen and oxygen atoms in total. The van der Waals surface area contributed by atoms with E-state index in [0.717, 1.165) is 4.90 Å². The SMILES string of the molecule is C=CCN(CC(=O)O)C(=O)C(CN)OC. The lowest BCUT2D eigenvalue weighted by molar-refractivity contribution is -0.148. The lowest BCUT2D eigenvalue weighted by Crippen LogP contribution is -2.45. The van der Waals surface area contributed by atoms with E-state index in [0.29, 0.717) is 0 Å². The van der Waals surface area contributed by atoms with Gasteiger partial charge in [-0.15, -0.1) is 6.58 Å². The van der Waals surface area contributed by atoms with Gasteiger partial charge in [-0.3, -0.25) is 9.59 Å². The Kier molecular flexibility index (Phi) is 6.32. The van der Waals surface area contributed by atoms with Gasteiger partial charge in [0.25, 0.3) is 5.91 Å². The molecule has 86 valence electrons. The number of hydrogen-bond acceptors (Lipinski definition) is 4. The Morgan fingerprint density at radius 1 is 1.67 bits per heavy atom. The number of hydrogen-bond donors (Lipinski definition) is 2. The summed E-state index contributed by atoms with van der Waals surface area (Å²) in [5.74, 6) is -1.53. The van der Waals surface area contributed by atoms with Crippen LogP contribution in [0.2, 0.25) is 0 Å². The van der Waals surface area contributed by atoms with E-state index in [1.54, 1.807) is 0 Å². The molecule has 0 aromatic rings. The largest absolute Gasteiger partial charge is 0.480 e. The van der Waals surface area contributed by atoms with Gasteiger partial charge in [-0.2, -0.15) is 0 Å². The number of nitrogens with zero attached hydrogens (tertiary/aromatic N) is 1. The molecule has 0 bridgehead atoms. The third-order valence-corrected chi connectivity index (χ3v) is 1.76. The molecule has 0 aromatic carbocycles. The van der Waals surface area contributed by atoms with E-state index in [1.807, 2.05) is 0 Å². The molecule has 0 aliphatic carbocycles. The van der Waals surface area contributed by atoms with Crippen LogP contribution < -0.4 is 5.73 Å². The quantitative estimate of drug-likeness (QED) is 0.536. The van der Waals surface area contributed by atoms with Gasteiger partial charge in [0.15, 0.2) is 0 Å². The van der Waals surface area contributed by atoms with Crippen molar-refractivity contribution in [3.63, 3.8) is 0 Å². The van der Waals surface area contributed by atoms with Gasteiger partial charge < -0.3 is 20.5 Å². The van der Waals surface area contributed by atoms with Crippen LogP contribution in [0.4, 0.5) is 0 Å². The van der Waals surface area contributed by atoms with Crippen molar-refractivity contribution in [1.82, 2.24) is 4.90 Å². The summed E-state index contributed by atoms with van der Waals surface area (Å²) in [4.78, 5) is 23.3. The van der Waals surface area contributed by atoms with Gasteiger partial charge in [0, 0.05) is 20.2 Å². The van der Waals surface area contributed by atoms with Gasteiger partial charge in [-0.05, 0) is 0 Å². The number of aliphatic carboxylic acids is 1. The second kappa shape index (κ2) is 6.97. The first-order valence-electron chi connectivity index (χ1n) is 4.41. The lowest BCUT2D eigenvalue weighted by atomic mass is 10.3.